The van der Waals surface area contributed by atoms with E-state index in [9.17, 15) is 14.0 Å². The normalized spacial score (nSPS) is 10.2. The van der Waals surface area contributed by atoms with Crippen molar-refractivity contribution in [2.24, 2.45) is 0 Å². The van der Waals surface area contributed by atoms with E-state index in [1.54, 1.807) is 36.4 Å². The van der Waals surface area contributed by atoms with Crippen LogP contribution >= 0.6 is 15.9 Å². The highest BCUT2D eigenvalue weighted by atomic mass is 79.9. The molecule has 0 aliphatic rings. The van der Waals surface area contributed by atoms with Gasteiger partial charge in [0.15, 0.2) is 0 Å². The summed E-state index contributed by atoms with van der Waals surface area (Å²) >= 11 is 3.28. The van der Waals surface area contributed by atoms with Crippen molar-refractivity contribution in [1.82, 2.24) is 10.6 Å². The van der Waals surface area contributed by atoms with Gasteiger partial charge in [0.05, 0.1) is 6.54 Å². The second-order valence-corrected chi connectivity index (χ2v) is 5.80. The quantitative estimate of drug-likeness (QED) is 0.811. The maximum atomic E-state index is 13.4. The van der Waals surface area contributed by atoms with Gasteiger partial charge in [0.1, 0.15) is 5.82 Å². The number of rotatable bonds is 6. The van der Waals surface area contributed by atoms with Crippen molar-refractivity contribution >= 4 is 27.7 Å². The second-order valence-electron chi connectivity index (χ2n) is 4.88. The van der Waals surface area contributed by atoms with Crippen molar-refractivity contribution in [2.45, 2.75) is 6.42 Å². The van der Waals surface area contributed by atoms with E-state index in [1.165, 1.54) is 6.07 Å². The van der Waals surface area contributed by atoms with Crippen LogP contribution in [0.25, 0.3) is 0 Å². The molecule has 0 heterocycles. The molecule has 2 aromatic rings. The zero-order valence-corrected chi connectivity index (χ0v) is 13.9. The third-order valence-electron chi connectivity index (χ3n) is 3.17. The minimum absolute atomic E-state index is 0.122. The number of halogens is 2. The average molecular weight is 379 g/mol. The minimum Gasteiger partial charge on any atom is -0.354 e. The molecular formula is C17H16BrFN2O2. The van der Waals surface area contributed by atoms with E-state index in [0.717, 1.165) is 4.47 Å². The van der Waals surface area contributed by atoms with E-state index in [2.05, 4.69) is 26.6 Å². The van der Waals surface area contributed by atoms with Crippen LogP contribution in [0.3, 0.4) is 0 Å². The summed E-state index contributed by atoms with van der Waals surface area (Å²) in [6.07, 6.45) is 0.401. The van der Waals surface area contributed by atoms with Crippen molar-refractivity contribution in [3.8, 4) is 0 Å². The Labute approximate surface area is 142 Å². The SMILES string of the molecule is O=C(CNC(=O)c1cccc(Br)c1)NCCc1ccccc1F. The van der Waals surface area contributed by atoms with Gasteiger partial charge in [-0.15, -0.1) is 0 Å². The van der Waals surface area contributed by atoms with Gasteiger partial charge in [-0.05, 0) is 36.2 Å². The first-order valence-electron chi connectivity index (χ1n) is 7.10. The lowest BCUT2D eigenvalue weighted by molar-refractivity contribution is -0.120. The first-order chi connectivity index (χ1) is 11.1. The molecule has 120 valence electrons. The number of amides is 2. The van der Waals surface area contributed by atoms with E-state index in [4.69, 9.17) is 0 Å². The van der Waals surface area contributed by atoms with Crippen molar-refractivity contribution < 1.29 is 14.0 Å². The number of hydrogen-bond donors (Lipinski definition) is 2. The lowest BCUT2D eigenvalue weighted by Gasteiger charge is -2.08. The zero-order valence-electron chi connectivity index (χ0n) is 12.3. The van der Waals surface area contributed by atoms with Gasteiger partial charge < -0.3 is 10.6 Å². The summed E-state index contributed by atoms with van der Waals surface area (Å²) in [5, 5.41) is 5.19. The third kappa shape index (κ3) is 5.49. The summed E-state index contributed by atoms with van der Waals surface area (Å²) < 4.78 is 14.2. The molecule has 0 bridgehead atoms. The van der Waals surface area contributed by atoms with E-state index in [-0.39, 0.29) is 24.2 Å². The van der Waals surface area contributed by atoms with Crippen LogP contribution in [0, 0.1) is 5.82 Å². The van der Waals surface area contributed by atoms with Crippen LogP contribution in [0.4, 0.5) is 4.39 Å². The van der Waals surface area contributed by atoms with Gasteiger partial charge in [0, 0.05) is 16.6 Å². The average Bonchev–Trinajstić information content (AvgIpc) is 2.54. The lowest BCUT2D eigenvalue weighted by Crippen LogP contribution is -2.37. The number of benzene rings is 2. The summed E-state index contributed by atoms with van der Waals surface area (Å²) in [5.41, 5.74) is 1.02. The van der Waals surface area contributed by atoms with Crippen molar-refractivity contribution in [2.75, 3.05) is 13.1 Å². The van der Waals surface area contributed by atoms with E-state index in [1.807, 2.05) is 6.07 Å². The van der Waals surface area contributed by atoms with Crippen LogP contribution in [0.2, 0.25) is 0 Å². The van der Waals surface area contributed by atoms with Crippen molar-refractivity contribution in [1.29, 1.82) is 0 Å². The lowest BCUT2D eigenvalue weighted by atomic mass is 10.1. The smallest absolute Gasteiger partial charge is 0.251 e. The molecular weight excluding hydrogens is 363 g/mol. The number of carbonyl (C=O) groups is 2. The number of nitrogens with one attached hydrogen (secondary N) is 2. The van der Waals surface area contributed by atoms with Crippen LogP contribution in [0.5, 0.6) is 0 Å². The van der Waals surface area contributed by atoms with Gasteiger partial charge in [0.25, 0.3) is 5.91 Å². The molecule has 23 heavy (non-hydrogen) atoms. The van der Waals surface area contributed by atoms with Crippen LogP contribution < -0.4 is 10.6 Å². The van der Waals surface area contributed by atoms with E-state index >= 15 is 0 Å². The summed E-state index contributed by atoms with van der Waals surface area (Å²) in [7, 11) is 0. The van der Waals surface area contributed by atoms with Crippen LogP contribution in [0.1, 0.15) is 15.9 Å². The third-order valence-corrected chi connectivity index (χ3v) is 3.66. The molecule has 6 heteroatoms. The Hall–Kier alpha value is -2.21. The Balaban J connectivity index is 1.73. The highest BCUT2D eigenvalue weighted by Crippen LogP contribution is 2.11. The molecule has 0 saturated heterocycles. The molecule has 0 aliphatic carbocycles. The summed E-state index contributed by atoms with van der Waals surface area (Å²) in [6.45, 7) is 0.190. The Morgan fingerprint density at radius 3 is 2.57 bits per heavy atom. The van der Waals surface area contributed by atoms with Gasteiger partial charge in [-0.2, -0.15) is 0 Å². The molecule has 0 aromatic heterocycles. The van der Waals surface area contributed by atoms with E-state index < -0.39 is 0 Å². The Bertz CT molecular complexity index is 706. The molecule has 0 aliphatic heterocycles. The Morgan fingerprint density at radius 2 is 1.83 bits per heavy atom. The molecule has 2 rings (SSSR count). The Kier molecular flexibility index (Phi) is 6.29. The Morgan fingerprint density at radius 1 is 1.04 bits per heavy atom. The highest BCUT2D eigenvalue weighted by Gasteiger charge is 2.08. The van der Waals surface area contributed by atoms with Gasteiger partial charge in [-0.25, -0.2) is 4.39 Å². The monoisotopic (exact) mass is 378 g/mol. The maximum absolute atomic E-state index is 13.4. The van der Waals surface area contributed by atoms with E-state index in [0.29, 0.717) is 24.1 Å². The molecule has 0 fully saturated rings. The summed E-state index contributed by atoms with van der Waals surface area (Å²) in [5.74, 6) is -0.926. The summed E-state index contributed by atoms with van der Waals surface area (Å²) in [6, 6.07) is 13.3. The molecule has 0 spiro atoms. The number of hydrogen-bond acceptors (Lipinski definition) is 2. The van der Waals surface area contributed by atoms with Gasteiger partial charge >= 0.3 is 0 Å². The topological polar surface area (TPSA) is 58.2 Å². The molecule has 4 nitrogen and oxygen atoms in total. The predicted octanol–water partition coefficient (Wildman–Crippen LogP) is 2.68. The van der Waals surface area contributed by atoms with Gasteiger partial charge in [-0.1, -0.05) is 40.2 Å². The van der Waals surface area contributed by atoms with Crippen LogP contribution in [0.15, 0.2) is 53.0 Å². The second kappa shape index (κ2) is 8.43. The molecule has 2 amide bonds. The zero-order chi connectivity index (χ0) is 16.7. The molecule has 0 saturated carbocycles. The number of carbonyl (C=O) groups excluding carboxylic acids is 2. The molecule has 0 radical (unpaired) electrons. The molecule has 2 aromatic carbocycles. The van der Waals surface area contributed by atoms with Crippen molar-refractivity contribution in [3.05, 3.63) is 69.9 Å². The fourth-order valence-corrected chi connectivity index (χ4v) is 2.39. The van der Waals surface area contributed by atoms with Gasteiger partial charge in [-0.3, -0.25) is 9.59 Å². The highest BCUT2D eigenvalue weighted by molar-refractivity contribution is 9.10. The largest absolute Gasteiger partial charge is 0.354 e. The molecule has 2 N–H and O–H groups in total. The first-order valence-corrected chi connectivity index (χ1v) is 7.89. The first kappa shape index (κ1) is 17.1. The fourth-order valence-electron chi connectivity index (χ4n) is 1.99. The van der Waals surface area contributed by atoms with Crippen LogP contribution in [-0.2, 0) is 11.2 Å². The van der Waals surface area contributed by atoms with Gasteiger partial charge in [0.2, 0.25) is 5.91 Å². The maximum Gasteiger partial charge on any atom is 0.251 e. The molecule has 0 unspecified atom stereocenters. The van der Waals surface area contributed by atoms with Crippen molar-refractivity contribution in [3.63, 3.8) is 0 Å². The molecule has 0 atom stereocenters. The standard InChI is InChI=1S/C17H16BrFN2O2/c18-14-6-3-5-13(10-14)17(23)21-11-16(22)20-9-8-12-4-1-2-7-15(12)19/h1-7,10H,8-9,11H2,(H,20,22)(H,21,23). The fraction of sp³-hybridized carbons (Fsp3) is 0.176. The summed E-state index contributed by atoms with van der Waals surface area (Å²) in [4.78, 5) is 23.6. The van der Waals surface area contributed by atoms with Crippen LogP contribution in [-0.4, -0.2) is 24.9 Å². The minimum atomic E-state index is -0.324. The predicted molar refractivity (Wildman–Crippen MR) is 89.6 cm³/mol.